The highest BCUT2D eigenvalue weighted by Gasteiger charge is 2.21. The molecule has 1 heterocycles. The van der Waals surface area contributed by atoms with E-state index < -0.39 is 17.8 Å². The summed E-state index contributed by atoms with van der Waals surface area (Å²) in [6.45, 7) is 0.306. The average molecular weight is 538 g/mol. The Morgan fingerprint density at radius 2 is 1.83 bits per heavy atom. The van der Waals surface area contributed by atoms with Gasteiger partial charge in [-0.25, -0.2) is 8.78 Å². The average Bonchev–Trinajstić information content (AvgIpc) is 3.25. The zero-order valence-corrected chi connectivity index (χ0v) is 20.1. The van der Waals surface area contributed by atoms with Gasteiger partial charge in [-0.15, -0.1) is 0 Å². The van der Waals surface area contributed by atoms with Gasteiger partial charge in [0.2, 0.25) is 11.8 Å². The molecule has 1 atom stereocenters. The molecule has 4 rings (SSSR count). The van der Waals surface area contributed by atoms with Crippen LogP contribution in [0.4, 0.5) is 8.78 Å². The molecule has 0 bridgehead atoms. The number of carbonyl (C=O) groups is 2. The van der Waals surface area contributed by atoms with Gasteiger partial charge in [0.1, 0.15) is 17.7 Å². The number of rotatable bonds is 8. The molecule has 0 aliphatic carbocycles. The molecule has 5 nitrogen and oxygen atoms in total. The van der Waals surface area contributed by atoms with Crippen LogP contribution >= 0.6 is 15.9 Å². The SMILES string of the molecule is O=C(C=Cc1ccc(F)c(Br)c1)N[C@@H](C(=O)NCCc1c[nH]c2ccc(F)cc12)c1ccccc1. The zero-order valence-electron chi connectivity index (χ0n) is 18.5. The van der Waals surface area contributed by atoms with Gasteiger partial charge in [-0.05, 0) is 75.4 Å². The first-order valence-electron chi connectivity index (χ1n) is 10.9. The number of nitrogens with one attached hydrogen (secondary N) is 3. The van der Waals surface area contributed by atoms with E-state index in [-0.39, 0.29) is 11.7 Å². The van der Waals surface area contributed by atoms with E-state index in [1.54, 1.807) is 48.7 Å². The topological polar surface area (TPSA) is 74.0 Å². The van der Waals surface area contributed by atoms with Gasteiger partial charge in [0, 0.05) is 29.7 Å². The number of aromatic nitrogens is 1. The van der Waals surface area contributed by atoms with Crippen LogP contribution in [0.15, 0.2) is 83.5 Å². The number of fused-ring (bicyclic) bond motifs is 1. The molecule has 0 aliphatic rings. The van der Waals surface area contributed by atoms with Gasteiger partial charge in [-0.3, -0.25) is 9.59 Å². The fourth-order valence-electron chi connectivity index (χ4n) is 3.70. The van der Waals surface area contributed by atoms with Crippen LogP contribution in [0, 0.1) is 11.6 Å². The number of halogens is 3. The van der Waals surface area contributed by atoms with Gasteiger partial charge in [0.25, 0.3) is 0 Å². The van der Waals surface area contributed by atoms with Crippen molar-refractivity contribution in [1.82, 2.24) is 15.6 Å². The van der Waals surface area contributed by atoms with Crippen LogP contribution in [0.1, 0.15) is 22.7 Å². The van der Waals surface area contributed by atoms with E-state index in [0.717, 1.165) is 16.5 Å². The Morgan fingerprint density at radius 1 is 1.03 bits per heavy atom. The van der Waals surface area contributed by atoms with Crippen molar-refractivity contribution in [1.29, 1.82) is 0 Å². The maximum atomic E-state index is 13.6. The number of aromatic amines is 1. The quantitative estimate of drug-likeness (QED) is 0.262. The second-order valence-electron chi connectivity index (χ2n) is 7.90. The Kier molecular flexibility index (Phi) is 7.72. The molecule has 0 spiro atoms. The molecule has 3 N–H and O–H groups in total. The first-order valence-corrected chi connectivity index (χ1v) is 11.7. The minimum Gasteiger partial charge on any atom is -0.361 e. The van der Waals surface area contributed by atoms with E-state index in [9.17, 15) is 18.4 Å². The third kappa shape index (κ3) is 6.22. The Labute approximate surface area is 209 Å². The molecule has 0 saturated heterocycles. The summed E-state index contributed by atoms with van der Waals surface area (Å²) in [4.78, 5) is 28.7. The monoisotopic (exact) mass is 537 g/mol. The summed E-state index contributed by atoms with van der Waals surface area (Å²) in [7, 11) is 0. The molecular formula is C27H22BrF2N3O2. The largest absolute Gasteiger partial charge is 0.361 e. The summed E-state index contributed by atoms with van der Waals surface area (Å²) >= 11 is 3.12. The first kappa shape index (κ1) is 24.3. The van der Waals surface area contributed by atoms with Crippen LogP contribution in [0.25, 0.3) is 17.0 Å². The van der Waals surface area contributed by atoms with E-state index in [0.29, 0.717) is 28.6 Å². The molecule has 0 unspecified atom stereocenters. The molecule has 3 aromatic carbocycles. The lowest BCUT2D eigenvalue weighted by molar-refractivity contribution is -0.127. The highest BCUT2D eigenvalue weighted by Crippen LogP contribution is 2.20. The van der Waals surface area contributed by atoms with Crippen molar-refractivity contribution < 1.29 is 18.4 Å². The predicted octanol–water partition coefficient (Wildman–Crippen LogP) is 5.44. The first-order chi connectivity index (χ1) is 16.9. The normalized spacial score (nSPS) is 12.1. The highest BCUT2D eigenvalue weighted by atomic mass is 79.9. The lowest BCUT2D eigenvalue weighted by Gasteiger charge is -2.18. The maximum Gasteiger partial charge on any atom is 0.247 e. The molecular weight excluding hydrogens is 516 g/mol. The van der Waals surface area contributed by atoms with Gasteiger partial charge in [-0.2, -0.15) is 0 Å². The molecule has 8 heteroatoms. The Hall–Kier alpha value is -3.78. The number of H-pyrrole nitrogens is 1. The summed E-state index contributed by atoms with van der Waals surface area (Å²) in [5.41, 5.74) is 2.96. The van der Waals surface area contributed by atoms with Crippen LogP contribution in [0.2, 0.25) is 0 Å². The predicted molar refractivity (Wildman–Crippen MR) is 135 cm³/mol. The third-order valence-electron chi connectivity index (χ3n) is 5.48. The summed E-state index contributed by atoms with van der Waals surface area (Å²) < 4.78 is 27.3. The number of benzene rings is 3. The van der Waals surface area contributed by atoms with E-state index in [4.69, 9.17) is 0 Å². The Morgan fingerprint density at radius 3 is 2.60 bits per heavy atom. The second-order valence-corrected chi connectivity index (χ2v) is 8.76. The van der Waals surface area contributed by atoms with Crippen LogP contribution in [0.5, 0.6) is 0 Å². The van der Waals surface area contributed by atoms with E-state index in [1.807, 2.05) is 6.07 Å². The van der Waals surface area contributed by atoms with Crippen molar-refractivity contribution >= 4 is 44.7 Å². The lowest BCUT2D eigenvalue weighted by atomic mass is 10.1. The summed E-state index contributed by atoms with van der Waals surface area (Å²) in [6.07, 6.45) is 5.12. The van der Waals surface area contributed by atoms with Gasteiger partial charge < -0.3 is 15.6 Å². The third-order valence-corrected chi connectivity index (χ3v) is 6.08. The zero-order chi connectivity index (χ0) is 24.8. The maximum absolute atomic E-state index is 13.6. The van der Waals surface area contributed by atoms with E-state index >= 15 is 0 Å². The number of hydrogen-bond donors (Lipinski definition) is 3. The fourth-order valence-corrected chi connectivity index (χ4v) is 4.10. The van der Waals surface area contributed by atoms with Gasteiger partial charge in [-0.1, -0.05) is 36.4 Å². The smallest absolute Gasteiger partial charge is 0.247 e. The Balaban J connectivity index is 1.42. The standard InChI is InChI=1S/C27H22BrF2N3O2/c28-22-14-17(6-9-23(22)30)7-11-25(34)33-26(18-4-2-1-3-5-18)27(35)31-13-12-19-16-32-24-10-8-20(29)15-21(19)24/h1-11,14-16,26,32H,12-13H2,(H,31,35)(H,33,34)/t26-/m1/s1. The molecule has 0 aliphatic heterocycles. The van der Waals surface area contributed by atoms with Crippen molar-refractivity contribution in [3.05, 3.63) is 112 Å². The van der Waals surface area contributed by atoms with Crippen molar-refractivity contribution in [3.63, 3.8) is 0 Å². The van der Waals surface area contributed by atoms with Crippen LogP contribution in [0.3, 0.4) is 0 Å². The molecule has 2 amide bonds. The molecule has 0 saturated carbocycles. The molecule has 0 radical (unpaired) electrons. The van der Waals surface area contributed by atoms with Gasteiger partial charge in [0.15, 0.2) is 0 Å². The lowest BCUT2D eigenvalue weighted by Crippen LogP contribution is -2.40. The number of hydrogen-bond acceptors (Lipinski definition) is 2. The molecule has 178 valence electrons. The molecule has 0 fully saturated rings. The van der Waals surface area contributed by atoms with Crippen molar-refractivity contribution in [2.45, 2.75) is 12.5 Å². The minimum atomic E-state index is -0.909. The van der Waals surface area contributed by atoms with Crippen LogP contribution < -0.4 is 10.6 Å². The van der Waals surface area contributed by atoms with Crippen LogP contribution in [-0.2, 0) is 16.0 Å². The minimum absolute atomic E-state index is 0.291. The molecule has 4 aromatic rings. The van der Waals surface area contributed by atoms with Crippen molar-refractivity contribution in [2.24, 2.45) is 0 Å². The van der Waals surface area contributed by atoms with E-state index in [2.05, 4.69) is 31.5 Å². The van der Waals surface area contributed by atoms with Gasteiger partial charge >= 0.3 is 0 Å². The Bertz CT molecular complexity index is 1390. The molecule has 35 heavy (non-hydrogen) atoms. The van der Waals surface area contributed by atoms with Crippen molar-refractivity contribution in [3.8, 4) is 0 Å². The van der Waals surface area contributed by atoms with Crippen molar-refractivity contribution in [2.75, 3.05) is 6.54 Å². The van der Waals surface area contributed by atoms with Gasteiger partial charge in [0.05, 0.1) is 4.47 Å². The summed E-state index contributed by atoms with van der Waals surface area (Å²) in [5.74, 6) is -1.56. The highest BCUT2D eigenvalue weighted by molar-refractivity contribution is 9.10. The molecule has 1 aromatic heterocycles. The second kappa shape index (κ2) is 11.1. The van der Waals surface area contributed by atoms with Crippen LogP contribution in [-0.4, -0.2) is 23.3 Å². The number of carbonyl (C=O) groups excluding carboxylic acids is 2. The summed E-state index contributed by atoms with van der Waals surface area (Å²) in [6, 6.07) is 16.9. The number of amides is 2. The van der Waals surface area contributed by atoms with E-state index in [1.165, 1.54) is 30.4 Å². The fraction of sp³-hybridized carbons (Fsp3) is 0.111. The summed E-state index contributed by atoms with van der Waals surface area (Å²) in [5, 5.41) is 6.36.